The maximum Gasteiger partial charge on any atom is 0.264 e. The summed E-state index contributed by atoms with van der Waals surface area (Å²) in [5.41, 5.74) is 5.48. The number of benzene rings is 2. The summed E-state index contributed by atoms with van der Waals surface area (Å²) in [6.45, 7) is 0. The Morgan fingerprint density at radius 2 is 1.86 bits per heavy atom. The van der Waals surface area contributed by atoms with Crippen LogP contribution in [0.4, 0.5) is 15.8 Å². The minimum atomic E-state index is -4.02. The number of hydrogen-bond acceptors (Lipinski definition) is 3. The molecule has 2 rings (SSSR count). The highest BCUT2D eigenvalue weighted by Crippen LogP contribution is 2.31. The molecule has 0 heterocycles. The van der Waals surface area contributed by atoms with Gasteiger partial charge in [0.1, 0.15) is 10.7 Å². The molecule has 0 radical (unpaired) electrons. The van der Waals surface area contributed by atoms with Crippen molar-refractivity contribution < 1.29 is 12.8 Å². The van der Waals surface area contributed by atoms with Crippen LogP contribution in [0.15, 0.2) is 39.7 Å². The lowest BCUT2D eigenvalue weighted by atomic mass is 10.3. The van der Waals surface area contributed by atoms with Crippen LogP contribution >= 0.6 is 39.1 Å². The van der Waals surface area contributed by atoms with Crippen LogP contribution in [0.3, 0.4) is 0 Å². The molecule has 0 spiro atoms. The Bertz CT molecular complexity index is 815. The van der Waals surface area contributed by atoms with E-state index in [1.54, 1.807) is 0 Å². The van der Waals surface area contributed by atoms with E-state index in [-0.39, 0.29) is 25.8 Å². The molecule has 0 aliphatic carbocycles. The normalized spacial score (nSPS) is 11.4. The standard InChI is InChI=1S/C12H8BrCl2FN2O2S/c13-7-4-12(10(17)5-9(7)16)21(19,20)18-11-2-1-6(14)3-8(11)15/h1-5,18H,17H2. The smallest absolute Gasteiger partial charge is 0.264 e. The van der Waals surface area contributed by atoms with Gasteiger partial charge in [0.25, 0.3) is 10.0 Å². The molecule has 21 heavy (non-hydrogen) atoms. The van der Waals surface area contributed by atoms with E-state index in [1.807, 2.05) is 0 Å². The third-order valence-electron chi connectivity index (χ3n) is 2.52. The molecule has 0 atom stereocenters. The van der Waals surface area contributed by atoms with Gasteiger partial charge in [0.15, 0.2) is 0 Å². The van der Waals surface area contributed by atoms with Gasteiger partial charge in [0.05, 0.1) is 20.9 Å². The number of nitrogens with two attached hydrogens (primary N) is 1. The highest BCUT2D eigenvalue weighted by molar-refractivity contribution is 9.10. The third kappa shape index (κ3) is 3.60. The number of rotatable bonds is 3. The SMILES string of the molecule is Nc1cc(F)c(Br)cc1S(=O)(=O)Nc1ccc(Cl)cc1Cl. The van der Waals surface area contributed by atoms with Crippen LogP contribution in [0, 0.1) is 5.82 Å². The molecule has 0 bridgehead atoms. The van der Waals surface area contributed by atoms with E-state index in [0.29, 0.717) is 5.02 Å². The predicted octanol–water partition coefficient (Wildman–Crippen LogP) is 4.28. The topological polar surface area (TPSA) is 72.2 Å². The van der Waals surface area contributed by atoms with Gasteiger partial charge in [-0.05, 0) is 46.3 Å². The summed E-state index contributed by atoms with van der Waals surface area (Å²) in [7, 11) is -4.02. The van der Waals surface area contributed by atoms with Crippen LogP contribution in [-0.4, -0.2) is 8.42 Å². The molecule has 0 fully saturated rings. The van der Waals surface area contributed by atoms with Crippen molar-refractivity contribution in [3.8, 4) is 0 Å². The molecule has 0 amide bonds. The van der Waals surface area contributed by atoms with Crippen LogP contribution in [0.25, 0.3) is 0 Å². The van der Waals surface area contributed by atoms with Crippen LogP contribution in [-0.2, 0) is 10.0 Å². The number of halogens is 4. The lowest BCUT2D eigenvalue weighted by Gasteiger charge is -2.12. The van der Waals surface area contributed by atoms with E-state index < -0.39 is 15.8 Å². The van der Waals surface area contributed by atoms with E-state index in [2.05, 4.69) is 20.7 Å². The Morgan fingerprint density at radius 1 is 1.19 bits per heavy atom. The third-order valence-corrected chi connectivity index (χ3v) is 5.09. The van der Waals surface area contributed by atoms with E-state index in [0.717, 1.165) is 12.1 Å². The minimum Gasteiger partial charge on any atom is -0.398 e. The van der Waals surface area contributed by atoms with Crippen molar-refractivity contribution in [1.29, 1.82) is 0 Å². The van der Waals surface area contributed by atoms with Crippen molar-refractivity contribution in [2.75, 3.05) is 10.5 Å². The first-order valence-electron chi connectivity index (χ1n) is 5.43. The molecule has 3 N–H and O–H groups in total. The van der Waals surface area contributed by atoms with Gasteiger partial charge in [-0.2, -0.15) is 0 Å². The molecular weight excluding hydrogens is 406 g/mol. The highest BCUT2D eigenvalue weighted by atomic mass is 79.9. The summed E-state index contributed by atoms with van der Waals surface area (Å²) in [6.07, 6.45) is 0. The molecular formula is C12H8BrCl2FN2O2S. The fraction of sp³-hybridized carbons (Fsp3) is 0. The fourth-order valence-corrected chi connectivity index (χ4v) is 3.78. The van der Waals surface area contributed by atoms with E-state index in [4.69, 9.17) is 28.9 Å². The van der Waals surface area contributed by atoms with Crippen LogP contribution in [0.2, 0.25) is 10.0 Å². The van der Waals surface area contributed by atoms with Gasteiger partial charge in [-0.15, -0.1) is 0 Å². The van der Waals surface area contributed by atoms with E-state index in [1.165, 1.54) is 18.2 Å². The summed E-state index contributed by atoms with van der Waals surface area (Å²) in [5.74, 6) is -0.657. The zero-order chi connectivity index (χ0) is 15.8. The molecule has 9 heteroatoms. The predicted molar refractivity (Wildman–Crippen MR) is 85.8 cm³/mol. The number of sulfonamides is 1. The fourth-order valence-electron chi connectivity index (χ4n) is 1.55. The molecule has 0 unspecified atom stereocenters. The first-order chi connectivity index (χ1) is 9.70. The second-order valence-corrected chi connectivity index (χ2v) is 7.38. The van der Waals surface area contributed by atoms with Crippen molar-refractivity contribution in [3.05, 3.63) is 50.7 Å². The van der Waals surface area contributed by atoms with Crippen molar-refractivity contribution in [2.24, 2.45) is 0 Å². The van der Waals surface area contributed by atoms with Gasteiger partial charge in [-0.25, -0.2) is 12.8 Å². The Kier molecular flexibility index (Phi) is 4.67. The van der Waals surface area contributed by atoms with Crippen LogP contribution in [0.1, 0.15) is 0 Å². The monoisotopic (exact) mass is 412 g/mol. The lowest BCUT2D eigenvalue weighted by molar-refractivity contribution is 0.599. The average molecular weight is 414 g/mol. The Hall–Kier alpha value is -1.02. The van der Waals surface area contributed by atoms with Gasteiger partial charge in [0, 0.05) is 5.02 Å². The van der Waals surface area contributed by atoms with Gasteiger partial charge < -0.3 is 5.73 Å². The molecule has 0 saturated heterocycles. The maximum atomic E-state index is 13.3. The summed E-state index contributed by atoms with van der Waals surface area (Å²) in [6, 6.07) is 6.29. The quantitative estimate of drug-likeness (QED) is 0.737. The summed E-state index contributed by atoms with van der Waals surface area (Å²) in [5, 5.41) is 0.498. The van der Waals surface area contributed by atoms with Crippen molar-refractivity contribution in [3.63, 3.8) is 0 Å². The zero-order valence-electron chi connectivity index (χ0n) is 10.2. The summed E-state index contributed by atoms with van der Waals surface area (Å²) in [4.78, 5) is -0.262. The second kappa shape index (κ2) is 6.00. The second-order valence-electron chi connectivity index (χ2n) is 4.03. The van der Waals surface area contributed by atoms with Gasteiger partial charge in [-0.3, -0.25) is 4.72 Å². The minimum absolute atomic E-state index is 0.0146. The van der Waals surface area contributed by atoms with Crippen molar-refractivity contribution >= 4 is 60.5 Å². The summed E-state index contributed by atoms with van der Waals surface area (Å²) >= 11 is 14.6. The lowest BCUT2D eigenvalue weighted by Crippen LogP contribution is -2.15. The maximum absolute atomic E-state index is 13.3. The van der Waals surface area contributed by atoms with Crippen LogP contribution in [0.5, 0.6) is 0 Å². The Balaban J connectivity index is 2.46. The van der Waals surface area contributed by atoms with Gasteiger partial charge in [-0.1, -0.05) is 23.2 Å². The Labute approximate surface area is 139 Å². The molecule has 2 aromatic rings. The molecule has 0 aliphatic rings. The summed E-state index contributed by atoms with van der Waals surface area (Å²) < 4.78 is 40.2. The molecule has 4 nitrogen and oxygen atoms in total. The molecule has 2 aromatic carbocycles. The molecule has 112 valence electrons. The average Bonchev–Trinajstić information content (AvgIpc) is 2.37. The molecule has 0 aliphatic heterocycles. The van der Waals surface area contributed by atoms with E-state index in [9.17, 15) is 12.8 Å². The zero-order valence-corrected chi connectivity index (χ0v) is 14.1. The first-order valence-corrected chi connectivity index (χ1v) is 8.46. The van der Waals surface area contributed by atoms with Gasteiger partial charge in [0.2, 0.25) is 0 Å². The van der Waals surface area contributed by atoms with Crippen LogP contribution < -0.4 is 10.5 Å². The largest absolute Gasteiger partial charge is 0.398 e. The number of nitrogens with one attached hydrogen (secondary N) is 1. The van der Waals surface area contributed by atoms with E-state index >= 15 is 0 Å². The number of hydrogen-bond donors (Lipinski definition) is 2. The van der Waals surface area contributed by atoms with Gasteiger partial charge >= 0.3 is 0 Å². The molecule has 0 saturated carbocycles. The van der Waals surface area contributed by atoms with Crippen molar-refractivity contribution in [1.82, 2.24) is 0 Å². The first kappa shape index (κ1) is 16.4. The Morgan fingerprint density at radius 3 is 2.48 bits per heavy atom. The number of nitrogen functional groups attached to an aromatic ring is 1. The van der Waals surface area contributed by atoms with Crippen molar-refractivity contribution in [2.45, 2.75) is 4.90 Å². The molecule has 0 aromatic heterocycles. The highest BCUT2D eigenvalue weighted by Gasteiger charge is 2.21. The number of anilines is 2.